The first-order valence-electron chi connectivity index (χ1n) is 9.66. The molecule has 2 heterocycles. The molecule has 140 valence electrons. The lowest BCUT2D eigenvalue weighted by atomic mass is 10.0. The van der Waals surface area contributed by atoms with E-state index in [4.69, 9.17) is 9.47 Å². The van der Waals surface area contributed by atoms with Gasteiger partial charge in [0.15, 0.2) is 11.5 Å². The lowest BCUT2D eigenvalue weighted by Gasteiger charge is -2.20. The van der Waals surface area contributed by atoms with Crippen LogP contribution in [-0.4, -0.2) is 36.1 Å². The molecule has 6 heteroatoms. The zero-order valence-corrected chi connectivity index (χ0v) is 15.0. The van der Waals surface area contributed by atoms with Gasteiger partial charge in [-0.05, 0) is 30.5 Å². The molecule has 4 rings (SSSR count). The van der Waals surface area contributed by atoms with Crippen LogP contribution in [0.15, 0.2) is 18.2 Å². The van der Waals surface area contributed by atoms with Gasteiger partial charge >= 0.3 is 0 Å². The van der Waals surface area contributed by atoms with E-state index >= 15 is 0 Å². The molecule has 0 bridgehead atoms. The Labute approximate surface area is 153 Å². The Kier molecular flexibility index (Phi) is 5.00. The van der Waals surface area contributed by atoms with Crippen molar-refractivity contribution in [2.75, 3.05) is 13.3 Å². The van der Waals surface area contributed by atoms with Gasteiger partial charge in [0.25, 0.3) is 0 Å². The van der Waals surface area contributed by atoms with Gasteiger partial charge in [0.1, 0.15) is 0 Å². The van der Waals surface area contributed by atoms with Gasteiger partial charge in [0, 0.05) is 25.6 Å². The summed E-state index contributed by atoms with van der Waals surface area (Å²) in [6.07, 6.45) is 7.33. The number of hydrogen-bond acceptors (Lipinski definition) is 4. The summed E-state index contributed by atoms with van der Waals surface area (Å²) in [5.74, 6) is 1.31. The number of amides is 2. The van der Waals surface area contributed by atoms with E-state index in [-0.39, 0.29) is 30.6 Å². The van der Waals surface area contributed by atoms with Crippen LogP contribution in [0.25, 0.3) is 0 Å². The molecule has 3 aliphatic rings. The number of hydrogen-bond donors (Lipinski definition) is 1. The standard InChI is InChI=1S/C20H26N2O4/c23-19-10-15(20(24)21-16-5-3-1-2-4-6-16)12-22(19)11-14-7-8-17-18(9-14)26-13-25-17/h7-9,15-16H,1-6,10-13H2,(H,21,24). The molecule has 0 spiro atoms. The number of benzene rings is 1. The molecule has 1 aromatic carbocycles. The summed E-state index contributed by atoms with van der Waals surface area (Å²) in [6, 6.07) is 6.01. The van der Waals surface area contributed by atoms with Gasteiger partial charge in [-0.3, -0.25) is 9.59 Å². The van der Waals surface area contributed by atoms with Gasteiger partial charge in [-0.25, -0.2) is 0 Å². The molecular formula is C20H26N2O4. The van der Waals surface area contributed by atoms with Crippen molar-refractivity contribution in [2.45, 2.75) is 57.5 Å². The van der Waals surface area contributed by atoms with Gasteiger partial charge in [0.2, 0.25) is 18.6 Å². The summed E-state index contributed by atoms with van der Waals surface area (Å²) in [5.41, 5.74) is 0.993. The van der Waals surface area contributed by atoms with Crippen LogP contribution in [0.2, 0.25) is 0 Å². The summed E-state index contributed by atoms with van der Waals surface area (Å²) in [6.45, 7) is 1.24. The van der Waals surface area contributed by atoms with Crippen molar-refractivity contribution >= 4 is 11.8 Å². The first kappa shape index (κ1) is 17.2. The maximum absolute atomic E-state index is 12.6. The minimum atomic E-state index is -0.236. The average Bonchev–Trinajstić information content (AvgIpc) is 3.15. The number of carbonyl (C=O) groups excluding carboxylic acids is 2. The fraction of sp³-hybridized carbons (Fsp3) is 0.600. The van der Waals surface area contributed by atoms with E-state index in [1.54, 1.807) is 4.90 Å². The quantitative estimate of drug-likeness (QED) is 0.840. The highest BCUT2D eigenvalue weighted by atomic mass is 16.7. The summed E-state index contributed by atoms with van der Waals surface area (Å²) in [5, 5.41) is 3.19. The van der Waals surface area contributed by atoms with Crippen LogP contribution < -0.4 is 14.8 Å². The Morgan fingerprint density at radius 2 is 1.88 bits per heavy atom. The number of fused-ring (bicyclic) bond motifs is 1. The van der Waals surface area contributed by atoms with Gasteiger partial charge in [0.05, 0.1) is 5.92 Å². The van der Waals surface area contributed by atoms with E-state index in [1.165, 1.54) is 25.7 Å². The molecular weight excluding hydrogens is 332 g/mol. The molecule has 1 atom stereocenters. The molecule has 2 aliphatic heterocycles. The zero-order valence-electron chi connectivity index (χ0n) is 15.0. The molecule has 0 radical (unpaired) electrons. The van der Waals surface area contributed by atoms with Crippen molar-refractivity contribution in [3.05, 3.63) is 23.8 Å². The summed E-state index contributed by atoms with van der Waals surface area (Å²) in [7, 11) is 0. The Morgan fingerprint density at radius 1 is 1.12 bits per heavy atom. The predicted molar refractivity (Wildman–Crippen MR) is 95.7 cm³/mol. The normalized spacial score (nSPS) is 23.2. The van der Waals surface area contributed by atoms with E-state index in [0.29, 0.717) is 19.5 Å². The van der Waals surface area contributed by atoms with E-state index in [1.807, 2.05) is 18.2 Å². The van der Waals surface area contributed by atoms with E-state index in [9.17, 15) is 9.59 Å². The minimum Gasteiger partial charge on any atom is -0.454 e. The topological polar surface area (TPSA) is 67.9 Å². The first-order chi connectivity index (χ1) is 12.7. The summed E-state index contributed by atoms with van der Waals surface area (Å²) >= 11 is 0. The fourth-order valence-electron chi connectivity index (χ4n) is 4.10. The number of nitrogens with zero attached hydrogens (tertiary/aromatic N) is 1. The first-order valence-corrected chi connectivity index (χ1v) is 9.66. The van der Waals surface area contributed by atoms with Crippen LogP contribution in [0.1, 0.15) is 50.5 Å². The summed E-state index contributed by atoms with van der Waals surface area (Å²) in [4.78, 5) is 26.7. The molecule has 26 heavy (non-hydrogen) atoms. The molecule has 1 unspecified atom stereocenters. The van der Waals surface area contributed by atoms with Gasteiger partial charge < -0.3 is 19.7 Å². The molecule has 1 N–H and O–H groups in total. The van der Waals surface area contributed by atoms with E-state index in [2.05, 4.69) is 5.32 Å². The lowest BCUT2D eigenvalue weighted by molar-refractivity contribution is -0.129. The number of nitrogens with one attached hydrogen (secondary N) is 1. The third-order valence-electron chi connectivity index (χ3n) is 5.60. The molecule has 1 saturated heterocycles. The maximum atomic E-state index is 12.6. The maximum Gasteiger partial charge on any atom is 0.231 e. The van der Waals surface area contributed by atoms with Gasteiger partial charge in [-0.15, -0.1) is 0 Å². The number of carbonyl (C=O) groups is 2. The van der Waals surface area contributed by atoms with Gasteiger partial charge in [-0.2, -0.15) is 0 Å². The molecule has 6 nitrogen and oxygen atoms in total. The molecule has 1 saturated carbocycles. The van der Waals surface area contributed by atoms with E-state index < -0.39 is 0 Å². The lowest BCUT2D eigenvalue weighted by Crippen LogP contribution is -2.39. The number of ether oxygens (including phenoxy) is 2. The van der Waals surface area contributed by atoms with Crippen LogP contribution >= 0.6 is 0 Å². The fourth-order valence-corrected chi connectivity index (χ4v) is 4.10. The second-order valence-corrected chi connectivity index (χ2v) is 7.56. The monoisotopic (exact) mass is 358 g/mol. The largest absolute Gasteiger partial charge is 0.454 e. The van der Waals surface area contributed by atoms with E-state index in [0.717, 1.165) is 29.9 Å². The van der Waals surface area contributed by atoms with Crippen molar-refractivity contribution in [2.24, 2.45) is 5.92 Å². The third kappa shape index (κ3) is 3.79. The minimum absolute atomic E-state index is 0.0402. The van der Waals surface area contributed by atoms with Crippen molar-refractivity contribution in [1.29, 1.82) is 0 Å². The van der Waals surface area contributed by atoms with Crippen molar-refractivity contribution in [3.8, 4) is 11.5 Å². The second kappa shape index (κ2) is 7.56. The van der Waals surface area contributed by atoms with Crippen LogP contribution in [0.5, 0.6) is 11.5 Å². The van der Waals surface area contributed by atoms with Crippen LogP contribution in [0, 0.1) is 5.92 Å². The Hall–Kier alpha value is -2.24. The molecule has 2 amide bonds. The van der Waals surface area contributed by atoms with Crippen LogP contribution in [0.4, 0.5) is 0 Å². The summed E-state index contributed by atoms with van der Waals surface area (Å²) < 4.78 is 10.7. The number of likely N-dealkylation sites (tertiary alicyclic amines) is 1. The Morgan fingerprint density at radius 3 is 2.69 bits per heavy atom. The van der Waals surface area contributed by atoms with Crippen molar-refractivity contribution in [1.82, 2.24) is 10.2 Å². The highest BCUT2D eigenvalue weighted by molar-refractivity contribution is 5.89. The number of rotatable bonds is 4. The van der Waals surface area contributed by atoms with Crippen molar-refractivity contribution in [3.63, 3.8) is 0 Å². The van der Waals surface area contributed by atoms with Gasteiger partial charge in [-0.1, -0.05) is 31.7 Å². The van der Waals surface area contributed by atoms with Crippen molar-refractivity contribution < 1.29 is 19.1 Å². The molecule has 1 aromatic rings. The predicted octanol–water partition coefficient (Wildman–Crippen LogP) is 2.60. The third-order valence-corrected chi connectivity index (χ3v) is 5.60. The van der Waals surface area contributed by atoms with Crippen LogP contribution in [0.3, 0.4) is 0 Å². The Bertz CT molecular complexity index is 682. The van der Waals surface area contributed by atoms with Crippen LogP contribution in [-0.2, 0) is 16.1 Å². The Balaban J connectivity index is 1.33. The highest BCUT2D eigenvalue weighted by Gasteiger charge is 2.35. The highest BCUT2D eigenvalue weighted by Crippen LogP contribution is 2.33. The zero-order chi connectivity index (χ0) is 17.9. The molecule has 1 aliphatic carbocycles. The smallest absolute Gasteiger partial charge is 0.231 e. The molecule has 2 fully saturated rings. The molecule has 0 aromatic heterocycles. The average molecular weight is 358 g/mol. The SMILES string of the molecule is O=C(NC1CCCCCC1)C1CC(=O)N(Cc2ccc3c(c2)OCO3)C1. The second-order valence-electron chi connectivity index (χ2n) is 7.56.